The average molecular weight is 254 g/mol. The summed E-state index contributed by atoms with van der Waals surface area (Å²) in [4.78, 5) is 20.2. The van der Waals surface area contributed by atoms with Crippen molar-refractivity contribution in [2.75, 3.05) is 33.7 Å². The molecule has 1 saturated heterocycles. The SMILES string of the molecule is CN(C)C(=O)C1CNCCN1Cc1cscn1. The largest absolute Gasteiger partial charge is 0.347 e. The van der Waals surface area contributed by atoms with Crippen LogP contribution in [0.3, 0.4) is 0 Å². The highest BCUT2D eigenvalue weighted by atomic mass is 32.1. The van der Waals surface area contributed by atoms with Gasteiger partial charge in [0.25, 0.3) is 0 Å². The molecule has 1 aliphatic heterocycles. The Morgan fingerprint density at radius 2 is 2.53 bits per heavy atom. The van der Waals surface area contributed by atoms with E-state index >= 15 is 0 Å². The number of hydrogen-bond donors (Lipinski definition) is 1. The van der Waals surface area contributed by atoms with Gasteiger partial charge in [-0.3, -0.25) is 9.69 Å². The standard InChI is InChI=1S/C11H18N4OS/c1-14(2)11(16)10-5-12-3-4-15(10)6-9-7-17-8-13-9/h7-8,10,12H,3-6H2,1-2H3. The molecule has 6 heteroatoms. The number of thiazole rings is 1. The molecular weight excluding hydrogens is 236 g/mol. The van der Waals surface area contributed by atoms with Crippen molar-refractivity contribution in [2.24, 2.45) is 0 Å². The molecule has 0 saturated carbocycles. The van der Waals surface area contributed by atoms with Crippen LogP contribution in [0.25, 0.3) is 0 Å². The van der Waals surface area contributed by atoms with Crippen LogP contribution < -0.4 is 5.32 Å². The fourth-order valence-corrected chi connectivity index (χ4v) is 2.55. The topological polar surface area (TPSA) is 48.5 Å². The van der Waals surface area contributed by atoms with E-state index in [0.29, 0.717) is 0 Å². The Labute approximate surface area is 105 Å². The molecule has 1 atom stereocenters. The normalized spacial score (nSPS) is 21.4. The third-order valence-corrected chi connectivity index (χ3v) is 3.56. The summed E-state index contributed by atoms with van der Waals surface area (Å²) in [7, 11) is 3.61. The fourth-order valence-electron chi connectivity index (χ4n) is 2.00. The number of piperazine rings is 1. The van der Waals surface area contributed by atoms with Crippen LogP contribution in [0.2, 0.25) is 0 Å². The Bertz CT molecular complexity index is 366. The van der Waals surface area contributed by atoms with Gasteiger partial charge in [0, 0.05) is 45.7 Å². The molecule has 1 fully saturated rings. The Morgan fingerprint density at radius 1 is 1.71 bits per heavy atom. The molecule has 2 rings (SSSR count). The lowest BCUT2D eigenvalue weighted by atomic mass is 10.1. The van der Waals surface area contributed by atoms with Crippen LogP contribution in [0.15, 0.2) is 10.9 Å². The Balaban J connectivity index is 2.04. The predicted molar refractivity (Wildman–Crippen MR) is 67.9 cm³/mol. The molecule has 0 spiro atoms. The second kappa shape index (κ2) is 5.57. The summed E-state index contributed by atoms with van der Waals surface area (Å²) < 4.78 is 0. The zero-order chi connectivity index (χ0) is 12.3. The number of rotatable bonds is 3. The number of likely N-dealkylation sites (N-methyl/N-ethyl adjacent to an activating group) is 1. The molecule has 17 heavy (non-hydrogen) atoms. The highest BCUT2D eigenvalue weighted by Gasteiger charge is 2.29. The van der Waals surface area contributed by atoms with E-state index in [9.17, 15) is 4.79 Å². The van der Waals surface area contributed by atoms with Crippen molar-refractivity contribution in [1.29, 1.82) is 0 Å². The quantitative estimate of drug-likeness (QED) is 0.825. The minimum atomic E-state index is -0.0690. The van der Waals surface area contributed by atoms with E-state index in [1.807, 2.05) is 10.9 Å². The van der Waals surface area contributed by atoms with Crippen LogP contribution in [-0.4, -0.2) is 60.5 Å². The van der Waals surface area contributed by atoms with Crippen LogP contribution >= 0.6 is 11.3 Å². The third kappa shape index (κ3) is 3.02. The Morgan fingerprint density at radius 3 is 3.18 bits per heavy atom. The van der Waals surface area contributed by atoms with Crippen LogP contribution in [-0.2, 0) is 11.3 Å². The van der Waals surface area contributed by atoms with Gasteiger partial charge in [0.05, 0.1) is 11.2 Å². The maximum Gasteiger partial charge on any atom is 0.240 e. The zero-order valence-corrected chi connectivity index (χ0v) is 11.0. The average Bonchev–Trinajstić information content (AvgIpc) is 2.81. The summed E-state index contributed by atoms with van der Waals surface area (Å²) in [5.74, 6) is 0.160. The summed E-state index contributed by atoms with van der Waals surface area (Å²) in [6.45, 7) is 3.31. The molecule has 0 bridgehead atoms. The summed E-state index contributed by atoms with van der Waals surface area (Å²) in [5.41, 5.74) is 2.88. The second-order valence-corrected chi connectivity index (χ2v) is 5.12. The molecule has 0 radical (unpaired) electrons. The van der Waals surface area contributed by atoms with Crippen molar-refractivity contribution < 1.29 is 4.79 Å². The first-order chi connectivity index (χ1) is 8.18. The lowest BCUT2D eigenvalue weighted by Gasteiger charge is -2.35. The van der Waals surface area contributed by atoms with Crippen LogP contribution in [0, 0.1) is 0 Å². The van der Waals surface area contributed by atoms with Crippen LogP contribution in [0.5, 0.6) is 0 Å². The number of amides is 1. The van der Waals surface area contributed by atoms with E-state index < -0.39 is 0 Å². The van der Waals surface area contributed by atoms with Crippen molar-refractivity contribution in [3.05, 3.63) is 16.6 Å². The third-order valence-electron chi connectivity index (χ3n) is 2.93. The first-order valence-electron chi connectivity index (χ1n) is 5.71. The summed E-state index contributed by atoms with van der Waals surface area (Å²) in [6.07, 6.45) is 0. The summed E-state index contributed by atoms with van der Waals surface area (Å²) >= 11 is 1.60. The molecule has 1 aromatic heterocycles. The van der Waals surface area contributed by atoms with Gasteiger partial charge in [0.1, 0.15) is 6.04 Å². The van der Waals surface area contributed by atoms with Crippen molar-refractivity contribution in [3.8, 4) is 0 Å². The van der Waals surface area contributed by atoms with Gasteiger partial charge >= 0.3 is 0 Å². The van der Waals surface area contributed by atoms with E-state index in [4.69, 9.17) is 0 Å². The molecule has 1 unspecified atom stereocenters. The highest BCUT2D eigenvalue weighted by Crippen LogP contribution is 2.12. The molecule has 2 heterocycles. The van der Waals surface area contributed by atoms with E-state index in [1.165, 1.54) is 0 Å². The summed E-state index contributed by atoms with van der Waals surface area (Å²) in [5, 5.41) is 5.31. The smallest absolute Gasteiger partial charge is 0.240 e. The minimum absolute atomic E-state index is 0.0690. The van der Waals surface area contributed by atoms with E-state index in [-0.39, 0.29) is 11.9 Å². The predicted octanol–water partition coefficient (Wildman–Crippen LogP) is 0.00510. The number of nitrogens with zero attached hydrogens (tertiary/aromatic N) is 3. The van der Waals surface area contributed by atoms with Gasteiger partial charge in [-0.05, 0) is 0 Å². The monoisotopic (exact) mass is 254 g/mol. The number of hydrogen-bond acceptors (Lipinski definition) is 5. The fraction of sp³-hybridized carbons (Fsp3) is 0.636. The van der Waals surface area contributed by atoms with Gasteiger partial charge in [0.2, 0.25) is 5.91 Å². The maximum absolute atomic E-state index is 12.1. The van der Waals surface area contributed by atoms with Gasteiger partial charge in [-0.2, -0.15) is 0 Å². The lowest BCUT2D eigenvalue weighted by Crippen LogP contribution is -2.57. The molecule has 0 aliphatic carbocycles. The molecule has 5 nitrogen and oxygen atoms in total. The van der Waals surface area contributed by atoms with Crippen molar-refractivity contribution in [2.45, 2.75) is 12.6 Å². The van der Waals surface area contributed by atoms with E-state index in [2.05, 4.69) is 15.2 Å². The van der Waals surface area contributed by atoms with Crippen LogP contribution in [0.4, 0.5) is 0 Å². The first-order valence-corrected chi connectivity index (χ1v) is 6.66. The van der Waals surface area contributed by atoms with Gasteiger partial charge in [-0.1, -0.05) is 0 Å². The van der Waals surface area contributed by atoms with Crippen molar-refractivity contribution in [1.82, 2.24) is 20.1 Å². The lowest BCUT2D eigenvalue weighted by molar-refractivity contribution is -0.135. The van der Waals surface area contributed by atoms with E-state index in [1.54, 1.807) is 30.3 Å². The molecule has 94 valence electrons. The van der Waals surface area contributed by atoms with Crippen molar-refractivity contribution in [3.63, 3.8) is 0 Å². The minimum Gasteiger partial charge on any atom is -0.347 e. The molecule has 0 aromatic carbocycles. The number of carbonyl (C=O) groups is 1. The Hall–Kier alpha value is -0.980. The number of nitrogens with one attached hydrogen (secondary N) is 1. The second-order valence-electron chi connectivity index (χ2n) is 4.40. The van der Waals surface area contributed by atoms with Crippen molar-refractivity contribution >= 4 is 17.2 Å². The van der Waals surface area contributed by atoms with Crippen LogP contribution in [0.1, 0.15) is 5.69 Å². The molecule has 1 aliphatic rings. The Kier molecular flexibility index (Phi) is 4.09. The number of aromatic nitrogens is 1. The van der Waals surface area contributed by atoms with Gasteiger partial charge in [0.15, 0.2) is 0 Å². The molecule has 1 aromatic rings. The van der Waals surface area contributed by atoms with E-state index in [0.717, 1.165) is 31.9 Å². The molecular formula is C11H18N4OS. The highest BCUT2D eigenvalue weighted by molar-refractivity contribution is 7.07. The van der Waals surface area contributed by atoms with Gasteiger partial charge in [-0.15, -0.1) is 11.3 Å². The molecule has 1 N–H and O–H groups in total. The maximum atomic E-state index is 12.1. The number of carbonyl (C=O) groups excluding carboxylic acids is 1. The molecule has 1 amide bonds. The first kappa shape index (κ1) is 12.5. The van der Waals surface area contributed by atoms with Gasteiger partial charge < -0.3 is 10.2 Å². The zero-order valence-electron chi connectivity index (χ0n) is 10.2. The summed E-state index contributed by atoms with van der Waals surface area (Å²) in [6, 6.07) is -0.0690. The van der Waals surface area contributed by atoms with Gasteiger partial charge in [-0.25, -0.2) is 4.98 Å².